The minimum absolute atomic E-state index is 0.126. The molecule has 3 aromatic heterocycles. The van der Waals surface area contributed by atoms with Crippen LogP contribution in [0.5, 0.6) is 0 Å². The molecule has 1 aliphatic heterocycles. The van der Waals surface area contributed by atoms with E-state index in [1.54, 1.807) is 47.5 Å². The Morgan fingerprint density at radius 3 is 2.63 bits per heavy atom. The molecule has 2 N–H and O–H groups in total. The summed E-state index contributed by atoms with van der Waals surface area (Å²) in [4.78, 5) is 33.4. The van der Waals surface area contributed by atoms with Crippen molar-refractivity contribution in [2.75, 3.05) is 42.9 Å². The fourth-order valence-corrected chi connectivity index (χ4v) is 4.78. The lowest BCUT2D eigenvalue weighted by molar-refractivity contribution is -0.130. The van der Waals surface area contributed by atoms with E-state index < -0.39 is 0 Å². The summed E-state index contributed by atoms with van der Waals surface area (Å²) >= 11 is 0. The third-order valence-electron chi connectivity index (χ3n) is 6.93. The number of pyridine rings is 1. The van der Waals surface area contributed by atoms with Crippen LogP contribution in [0, 0.1) is 5.82 Å². The van der Waals surface area contributed by atoms with Gasteiger partial charge in [0.05, 0.1) is 29.9 Å². The van der Waals surface area contributed by atoms with Gasteiger partial charge in [-0.05, 0) is 24.3 Å². The molecule has 5 aromatic rings. The van der Waals surface area contributed by atoms with Crippen LogP contribution in [-0.2, 0) is 11.3 Å². The van der Waals surface area contributed by atoms with Crippen molar-refractivity contribution in [1.29, 1.82) is 0 Å². The van der Waals surface area contributed by atoms with Crippen LogP contribution in [0.25, 0.3) is 22.2 Å². The van der Waals surface area contributed by atoms with Crippen LogP contribution in [0.2, 0.25) is 0 Å². The molecule has 2 aromatic carbocycles. The second-order valence-electron chi connectivity index (χ2n) is 9.51. The third kappa shape index (κ3) is 5.71. The maximum absolute atomic E-state index is 15.1. The number of rotatable bonds is 8. The maximum atomic E-state index is 15.1. The molecule has 0 spiro atoms. The highest BCUT2D eigenvalue weighted by molar-refractivity contribution is 6.06. The van der Waals surface area contributed by atoms with Crippen LogP contribution in [0.4, 0.5) is 15.9 Å². The first-order valence-electron chi connectivity index (χ1n) is 13.1. The Balaban J connectivity index is 1.01. The molecule has 2 amide bonds. The number of piperazine rings is 1. The lowest BCUT2D eigenvalue weighted by Crippen LogP contribution is -2.51. The van der Waals surface area contributed by atoms with Gasteiger partial charge in [-0.2, -0.15) is 0 Å². The van der Waals surface area contributed by atoms with Crippen LogP contribution in [0.15, 0.2) is 82.2 Å². The average Bonchev–Trinajstić information content (AvgIpc) is 3.71. The Bertz CT molecular complexity index is 1670. The van der Waals surface area contributed by atoms with Gasteiger partial charge >= 0.3 is 0 Å². The molecule has 4 heterocycles. The summed E-state index contributed by atoms with van der Waals surface area (Å²) < 4.78 is 25.3. The summed E-state index contributed by atoms with van der Waals surface area (Å²) in [6.45, 7) is 1.98. The van der Waals surface area contributed by atoms with Gasteiger partial charge in [-0.15, -0.1) is 0 Å². The van der Waals surface area contributed by atoms with Crippen LogP contribution in [0.3, 0.4) is 0 Å². The SMILES string of the molecule is O=C(NCC(=O)N1CCN(c2ccc(-c3cc(CNc4ccon4)on3)cc2F)CC1)c1cccc2cccnc12. The van der Waals surface area contributed by atoms with Crippen molar-refractivity contribution in [3.8, 4) is 11.3 Å². The van der Waals surface area contributed by atoms with Gasteiger partial charge < -0.3 is 29.5 Å². The summed E-state index contributed by atoms with van der Waals surface area (Å²) in [6, 6.07) is 17.4. The predicted molar refractivity (Wildman–Crippen MR) is 149 cm³/mol. The summed E-state index contributed by atoms with van der Waals surface area (Å²) in [5, 5.41) is 14.4. The molecule has 1 saturated heterocycles. The number of carbonyl (C=O) groups is 2. The van der Waals surface area contributed by atoms with Gasteiger partial charge in [0.15, 0.2) is 11.6 Å². The van der Waals surface area contributed by atoms with Crippen LogP contribution >= 0.6 is 0 Å². The first-order valence-corrected chi connectivity index (χ1v) is 13.1. The molecule has 41 heavy (non-hydrogen) atoms. The van der Waals surface area contributed by atoms with Crippen molar-refractivity contribution in [2.24, 2.45) is 0 Å². The highest BCUT2D eigenvalue weighted by Crippen LogP contribution is 2.27. The summed E-state index contributed by atoms with van der Waals surface area (Å²) in [7, 11) is 0. The zero-order valence-electron chi connectivity index (χ0n) is 21.9. The summed E-state index contributed by atoms with van der Waals surface area (Å²) in [6.07, 6.45) is 3.09. The zero-order valence-corrected chi connectivity index (χ0v) is 21.9. The number of benzene rings is 2. The minimum Gasteiger partial charge on any atom is -0.366 e. The standard InChI is InChI=1S/C29H26FN7O4/c30-23-15-20(24-16-21(41-34-24)17-32-26-8-14-40-35-26)6-7-25(23)36-10-12-37(13-11-36)27(38)18-33-29(39)22-5-1-3-19-4-2-9-31-28(19)22/h1-9,14-16H,10-13,17-18H2,(H,32,35)(H,33,39). The van der Waals surface area contributed by atoms with E-state index in [9.17, 15) is 9.59 Å². The van der Waals surface area contributed by atoms with E-state index in [2.05, 4.69) is 25.9 Å². The average molecular weight is 556 g/mol. The molecule has 1 fully saturated rings. The molecule has 0 unspecified atom stereocenters. The molecule has 12 heteroatoms. The maximum Gasteiger partial charge on any atom is 0.253 e. The molecule has 0 radical (unpaired) electrons. The smallest absolute Gasteiger partial charge is 0.253 e. The molecule has 208 valence electrons. The number of hydrogen-bond acceptors (Lipinski definition) is 9. The van der Waals surface area contributed by atoms with Gasteiger partial charge in [-0.3, -0.25) is 14.6 Å². The lowest BCUT2D eigenvalue weighted by atomic mass is 10.1. The van der Waals surface area contributed by atoms with Crippen LogP contribution in [-0.4, -0.2) is 64.7 Å². The molecule has 0 bridgehead atoms. The van der Waals surface area contributed by atoms with Gasteiger partial charge in [0.25, 0.3) is 5.91 Å². The van der Waals surface area contributed by atoms with E-state index in [1.165, 1.54) is 12.3 Å². The molecule has 0 aliphatic carbocycles. The van der Waals surface area contributed by atoms with E-state index in [0.717, 1.165) is 5.39 Å². The Morgan fingerprint density at radius 1 is 0.976 bits per heavy atom. The molecule has 0 atom stereocenters. The van der Waals surface area contributed by atoms with Gasteiger partial charge in [0, 0.05) is 55.5 Å². The quantitative estimate of drug-likeness (QED) is 0.294. The number of nitrogens with one attached hydrogen (secondary N) is 2. The number of aromatic nitrogens is 3. The van der Waals surface area contributed by atoms with Crippen molar-refractivity contribution in [1.82, 2.24) is 25.5 Å². The highest BCUT2D eigenvalue weighted by atomic mass is 19.1. The molecule has 1 aliphatic rings. The first-order chi connectivity index (χ1) is 20.0. The normalized spacial score (nSPS) is 13.4. The van der Waals surface area contributed by atoms with Crippen molar-refractivity contribution >= 4 is 34.2 Å². The first kappa shape index (κ1) is 26.0. The Hall–Kier alpha value is -5.26. The highest BCUT2D eigenvalue weighted by Gasteiger charge is 2.24. The fraction of sp³-hybridized carbons (Fsp3) is 0.207. The van der Waals surface area contributed by atoms with E-state index in [4.69, 9.17) is 9.05 Å². The van der Waals surface area contributed by atoms with Gasteiger partial charge in [-0.25, -0.2) is 4.39 Å². The zero-order chi connectivity index (χ0) is 28.2. The third-order valence-corrected chi connectivity index (χ3v) is 6.93. The second kappa shape index (κ2) is 11.5. The van der Waals surface area contributed by atoms with E-state index in [0.29, 0.717) is 72.3 Å². The molecular formula is C29H26FN7O4. The van der Waals surface area contributed by atoms with Crippen LogP contribution in [0.1, 0.15) is 16.1 Å². The Morgan fingerprint density at radius 2 is 1.83 bits per heavy atom. The van der Waals surface area contributed by atoms with Crippen LogP contribution < -0.4 is 15.5 Å². The molecule has 11 nitrogen and oxygen atoms in total. The monoisotopic (exact) mass is 555 g/mol. The number of para-hydroxylation sites is 1. The van der Waals surface area contributed by atoms with Crippen molar-refractivity contribution < 1.29 is 23.0 Å². The number of anilines is 2. The number of nitrogens with zero attached hydrogens (tertiary/aromatic N) is 5. The lowest BCUT2D eigenvalue weighted by Gasteiger charge is -2.36. The topological polar surface area (TPSA) is 130 Å². The number of carbonyl (C=O) groups excluding carboxylic acids is 2. The second-order valence-corrected chi connectivity index (χ2v) is 9.51. The van der Waals surface area contributed by atoms with Crippen molar-refractivity contribution in [3.63, 3.8) is 0 Å². The van der Waals surface area contributed by atoms with Crippen molar-refractivity contribution in [3.05, 3.63) is 90.3 Å². The number of amides is 2. The van der Waals surface area contributed by atoms with Gasteiger partial charge in [-0.1, -0.05) is 34.6 Å². The Labute approximate surface area is 233 Å². The van der Waals surface area contributed by atoms with E-state index >= 15 is 4.39 Å². The summed E-state index contributed by atoms with van der Waals surface area (Å²) in [5.74, 6) is 0.209. The molecular weight excluding hydrogens is 529 g/mol. The molecule has 0 saturated carbocycles. The number of halogens is 1. The fourth-order valence-electron chi connectivity index (χ4n) is 4.78. The molecule has 6 rings (SSSR count). The van der Waals surface area contributed by atoms with E-state index in [1.807, 2.05) is 23.1 Å². The van der Waals surface area contributed by atoms with E-state index in [-0.39, 0.29) is 24.2 Å². The van der Waals surface area contributed by atoms with Gasteiger partial charge in [0.1, 0.15) is 17.8 Å². The number of fused-ring (bicyclic) bond motifs is 1. The minimum atomic E-state index is -0.386. The largest absolute Gasteiger partial charge is 0.366 e. The summed E-state index contributed by atoms with van der Waals surface area (Å²) in [5.41, 5.74) is 2.57. The number of hydrogen-bond donors (Lipinski definition) is 2. The van der Waals surface area contributed by atoms with Gasteiger partial charge in [0.2, 0.25) is 5.91 Å². The predicted octanol–water partition coefficient (Wildman–Crippen LogP) is 3.71. The Kier molecular flexibility index (Phi) is 7.27. The van der Waals surface area contributed by atoms with Crippen molar-refractivity contribution in [2.45, 2.75) is 6.54 Å².